The summed E-state index contributed by atoms with van der Waals surface area (Å²) in [4.78, 5) is 15.4. The van der Waals surface area contributed by atoms with Crippen LogP contribution in [0.3, 0.4) is 0 Å². The summed E-state index contributed by atoms with van der Waals surface area (Å²) in [6.45, 7) is 2.64. The maximum absolute atomic E-state index is 13.7. The Balaban J connectivity index is 1.84. The number of nitrogens with one attached hydrogen (secondary N) is 1. The zero-order valence-corrected chi connectivity index (χ0v) is 12.4. The Morgan fingerprint density at radius 3 is 3.00 bits per heavy atom. The number of anilines is 2. The SMILES string of the molecule is Nc1cc(I)c(F)cc1N1CCN2C(=O)NCC2C1. The van der Waals surface area contributed by atoms with Crippen LogP contribution >= 0.6 is 22.6 Å². The van der Waals surface area contributed by atoms with Crippen molar-refractivity contribution in [1.29, 1.82) is 0 Å². The van der Waals surface area contributed by atoms with E-state index in [0.717, 1.165) is 5.69 Å². The molecule has 0 aliphatic carbocycles. The van der Waals surface area contributed by atoms with Crippen LogP contribution in [-0.4, -0.2) is 43.2 Å². The summed E-state index contributed by atoms with van der Waals surface area (Å²) in [5.74, 6) is -0.257. The summed E-state index contributed by atoms with van der Waals surface area (Å²) in [7, 11) is 0. The fraction of sp³-hybridized carbons (Fsp3) is 0.417. The minimum Gasteiger partial charge on any atom is -0.397 e. The first-order valence-corrected chi connectivity index (χ1v) is 7.18. The molecule has 0 aromatic heterocycles. The lowest BCUT2D eigenvalue weighted by atomic mass is 10.1. The largest absolute Gasteiger partial charge is 0.397 e. The molecular weight excluding hydrogens is 362 g/mol. The van der Waals surface area contributed by atoms with Gasteiger partial charge in [-0.3, -0.25) is 0 Å². The van der Waals surface area contributed by atoms with Crippen molar-refractivity contribution in [3.05, 3.63) is 21.5 Å². The number of nitrogens with zero attached hydrogens (tertiary/aromatic N) is 2. The van der Waals surface area contributed by atoms with Gasteiger partial charge in [0.15, 0.2) is 0 Å². The molecule has 3 rings (SSSR count). The van der Waals surface area contributed by atoms with E-state index in [1.165, 1.54) is 6.07 Å². The molecule has 19 heavy (non-hydrogen) atoms. The normalized spacial score (nSPS) is 22.4. The number of halogens is 2. The number of hydrogen-bond acceptors (Lipinski definition) is 3. The molecule has 1 aromatic rings. The van der Waals surface area contributed by atoms with E-state index < -0.39 is 0 Å². The Morgan fingerprint density at radius 1 is 1.42 bits per heavy atom. The number of piperazine rings is 1. The molecule has 2 aliphatic heterocycles. The van der Waals surface area contributed by atoms with Gasteiger partial charge in [-0.25, -0.2) is 9.18 Å². The third-order valence-corrected chi connectivity index (χ3v) is 4.47. The van der Waals surface area contributed by atoms with E-state index >= 15 is 0 Å². The smallest absolute Gasteiger partial charge is 0.317 e. The minimum atomic E-state index is -0.257. The van der Waals surface area contributed by atoms with Gasteiger partial charge in [-0.05, 0) is 28.7 Å². The predicted molar refractivity (Wildman–Crippen MR) is 79.6 cm³/mol. The Morgan fingerprint density at radius 2 is 2.21 bits per heavy atom. The van der Waals surface area contributed by atoms with E-state index in [0.29, 0.717) is 35.4 Å². The Labute approximate surface area is 124 Å². The molecule has 2 saturated heterocycles. The van der Waals surface area contributed by atoms with Crippen LogP contribution in [-0.2, 0) is 0 Å². The third-order valence-electron chi connectivity index (χ3n) is 3.64. The first-order valence-electron chi connectivity index (χ1n) is 6.10. The zero-order chi connectivity index (χ0) is 13.6. The van der Waals surface area contributed by atoms with Crippen molar-refractivity contribution in [1.82, 2.24) is 10.2 Å². The molecule has 1 aromatic carbocycles. The number of hydrogen-bond donors (Lipinski definition) is 2. The van der Waals surface area contributed by atoms with E-state index in [4.69, 9.17) is 5.73 Å². The van der Waals surface area contributed by atoms with Gasteiger partial charge in [0.05, 0.1) is 21.0 Å². The standard InChI is InChI=1S/C12H14FIN4O/c13-8-3-11(10(15)4-9(8)14)17-1-2-18-7(6-17)5-16-12(18)19/h3-4,7H,1-2,5-6,15H2,(H,16,19). The molecule has 102 valence electrons. The van der Waals surface area contributed by atoms with Crippen molar-refractivity contribution in [2.75, 3.05) is 36.8 Å². The quantitative estimate of drug-likeness (QED) is 0.573. The topological polar surface area (TPSA) is 61.6 Å². The number of carbonyl (C=O) groups is 1. The predicted octanol–water partition coefficient (Wildman–Crippen LogP) is 1.23. The van der Waals surface area contributed by atoms with Crippen molar-refractivity contribution >= 4 is 40.0 Å². The van der Waals surface area contributed by atoms with Gasteiger partial charge in [0.2, 0.25) is 0 Å². The highest BCUT2D eigenvalue weighted by molar-refractivity contribution is 14.1. The van der Waals surface area contributed by atoms with Gasteiger partial charge in [0.1, 0.15) is 5.82 Å². The highest BCUT2D eigenvalue weighted by Gasteiger charge is 2.35. The second-order valence-corrected chi connectivity index (χ2v) is 5.97. The van der Waals surface area contributed by atoms with Gasteiger partial charge in [-0.1, -0.05) is 0 Å². The molecule has 2 heterocycles. The molecule has 0 saturated carbocycles. The van der Waals surface area contributed by atoms with Crippen LogP contribution in [0.1, 0.15) is 0 Å². The lowest BCUT2D eigenvalue weighted by molar-refractivity contribution is 0.197. The molecule has 2 fully saturated rings. The molecule has 0 spiro atoms. The summed E-state index contributed by atoms with van der Waals surface area (Å²) in [5.41, 5.74) is 7.28. The molecule has 7 heteroatoms. The van der Waals surface area contributed by atoms with Crippen molar-refractivity contribution in [2.24, 2.45) is 0 Å². The lowest BCUT2D eigenvalue weighted by Crippen LogP contribution is -2.52. The van der Waals surface area contributed by atoms with E-state index in [1.807, 2.05) is 27.5 Å². The van der Waals surface area contributed by atoms with Crippen molar-refractivity contribution in [3.8, 4) is 0 Å². The van der Waals surface area contributed by atoms with E-state index in [1.54, 1.807) is 6.07 Å². The number of fused-ring (bicyclic) bond motifs is 1. The Hall–Kier alpha value is -1.25. The molecule has 5 nitrogen and oxygen atoms in total. The van der Waals surface area contributed by atoms with Gasteiger partial charge in [0, 0.05) is 32.2 Å². The van der Waals surface area contributed by atoms with Crippen molar-refractivity contribution in [3.63, 3.8) is 0 Å². The Kier molecular flexibility index (Phi) is 3.15. The summed E-state index contributed by atoms with van der Waals surface area (Å²) in [5, 5.41) is 2.82. The molecule has 2 aliphatic rings. The zero-order valence-electron chi connectivity index (χ0n) is 10.2. The van der Waals surface area contributed by atoms with Crippen LogP contribution in [0.15, 0.2) is 12.1 Å². The van der Waals surface area contributed by atoms with Gasteiger partial charge in [-0.2, -0.15) is 0 Å². The second kappa shape index (κ2) is 4.69. The number of nitrogen functional groups attached to an aromatic ring is 1. The fourth-order valence-electron chi connectivity index (χ4n) is 2.65. The number of carbonyl (C=O) groups excluding carboxylic acids is 1. The summed E-state index contributed by atoms with van der Waals surface area (Å²) < 4.78 is 14.2. The molecular formula is C12H14FIN4O. The fourth-order valence-corrected chi connectivity index (χ4v) is 3.14. The Bertz CT molecular complexity index is 539. The molecule has 2 amide bonds. The number of benzene rings is 1. The molecule has 3 N–H and O–H groups in total. The third kappa shape index (κ3) is 2.19. The van der Waals surface area contributed by atoms with Crippen molar-refractivity contribution in [2.45, 2.75) is 6.04 Å². The highest BCUT2D eigenvalue weighted by atomic mass is 127. The van der Waals surface area contributed by atoms with E-state index in [2.05, 4.69) is 10.2 Å². The van der Waals surface area contributed by atoms with Crippen LogP contribution in [0.4, 0.5) is 20.6 Å². The van der Waals surface area contributed by atoms with Crippen LogP contribution in [0, 0.1) is 9.39 Å². The first-order chi connectivity index (χ1) is 9.06. The van der Waals surface area contributed by atoms with Crippen LogP contribution in [0.25, 0.3) is 0 Å². The average molecular weight is 376 g/mol. The van der Waals surface area contributed by atoms with E-state index in [9.17, 15) is 9.18 Å². The van der Waals surface area contributed by atoms with Crippen LogP contribution in [0.2, 0.25) is 0 Å². The summed E-state index contributed by atoms with van der Waals surface area (Å²) >= 11 is 1.93. The molecule has 1 unspecified atom stereocenters. The van der Waals surface area contributed by atoms with Gasteiger partial charge >= 0.3 is 6.03 Å². The second-order valence-electron chi connectivity index (χ2n) is 4.80. The van der Waals surface area contributed by atoms with Crippen LogP contribution in [0.5, 0.6) is 0 Å². The molecule has 0 radical (unpaired) electrons. The monoisotopic (exact) mass is 376 g/mol. The maximum Gasteiger partial charge on any atom is 0.317 e. The number of nitrogens with two attached hydrogens (primary N) is 1. The number of amides is 2. The summed E-state index contributed by atoms with van der Waals surface area (Å²) in [6.07, 6.45) is 0. The highest BCUT2D eigenvalue weighted by Crippen LogP contribution is 2.29. The molecule has 1 atom stereocenters. The van der Waals surface area contributed by atoms with Crippen molar-refractivity contribution < 1.29 is 9.18 Å². The van der Waals surface area contributed by atoms with Gasteiger partial charge < -0.3 is 20.9 Å². The van der Waals surface area contributed by atoms with E-state index in [-0.39, 0.29) is 17.9 Å². The average Bonchev–Trinajstić information content (AvgIpc) is 2.75. The maximum atomic E-state index is 13.7. The van der Waals surface area contributed by atoms with Gasteiger partial charge in [0.25, 0.3) is 0 Å². The molecule has 0 bridgehead atoms. The minimum absolute atomic E-state index is 0.00795. The number of rotatable bonds is 1. The van der Waals surface area contributed by atoms with Crippen LogP contribution < -0.4 is 16.0 Å². The lowest BCUT2D eigenvalue weighted by Gasteiger charge is -2.38. The number of urea groups is 1. The van der Waals surface area contributed by atoms with Gasteiger partial charge in [-0.15, -0.1) is 0 Å². The summed E-state index contributed by atoms with van der Waals surface area (Å²) in [6, 6.07) is 3.27. The first kappa shape index (κ1) is 12.8.